The second-order valence-electron chi connectivity index (χ2n) is 5.09. The van der Waals surface area contributed by atoms with Crippen LogP contribution >= 0.6 is 0 Å². The van der Waals surface area contributed by atoms with Gasteiger partial charge in [0.05, 0.1) is 6.04 Å². The average Bonchev–Trinajstić information content (AvgIpc) is 2.33. The number of rotatable bonds is 3. The third-order valence-electron chi connectivity index (χ3n) is 3.50. The maximum absolute atomic E-state index is 13.4. The highest BCUT2D eigenvalue weighted by Gasteiger charge is 2.17. The lowest BCUT2D eigenvalue weighted by molar-refractivity contribution is 0.615. The molecule has 0 bridgehead atoms. The minimum Gasteiger partial charge on any atom is -0.309 e. The molecule has 0 aliphatic heterocycles. The summed E-state index contributed by atoms with van der Waals surface area (Å²) >= 11 is 0. The van der Waals surface area contributed by atoms with E-state index in [0.717, 1.165) is 5.56 Å². The molecule has 0 saturated carbocycles. The highest BCUT2D eigenvalue weighted by Crippen LogP contribution is 2.28. The molecule has 1 unspecified atom stereocenters. The zero-order chi connectivity index (χ0) is 14.0. The molecule has 2 aromatic carbocycles. The molecule has 1 atom stereocenters. The molecule has 0 saturated heterocycles. The molecule has 0 aliphatic rings. The van der Waals surface area contributed by atoms with Crippen molar-refractivity contribution in [1.82, 2.24) is 5.32 Å². The maximum atomic E-state index is 13.4. The quantitative estimate of drug-likeness (QED) is 0.874. The molecule has 2 aromatic rings. The van der Waals surface area contributed by atoms with E-state index in [1.165, 1.54) is 28.3 Å². The van der Waals surface area contributed by atoms with Gasteiger partial charge in [0, 0.05) is 0 Å². The number of benzene rings is 2. The van der Waals surface area contributed by atoms with Crippen LogP contribution in [0.25, 0.3) is 0 Å². The number of hydrogen-bond donors (Lipinski definition) is 1. The molecule has 0 heterocycles. The van der Waals surface area contributed by atoms with Crippen LogP contribution in [0.2, 0.25) is 0 Å². The molecule has 0 radical (unpaired) electrons. The van der Waals surface area contributed by atoms with E-state index in [-0.39, 0.29) is 11.9 Å². The van der Waals surface area contributed by atoms with E-state index in [2.05, 4.69) is 38.2 Å². The summed E-state index contributed by atoms with van der Waals surface area (Å²) in [5, 5.41) is 3.30. The second-order valence-corrected chi connectivity index (χ2v) is 5.09. The van der Waals surface area contributed by atoms with Crippen LogP contribution in [-0.2, 0) is 0 Å². The Morgan fingerprint density at radius 2 is 1.63 bits per heavy atom. The normalized spacial score (nSPS) is 12.5. The number of nitrogens with one attached hydrogen (secondary N) is 1. The van der Waals surface area contributed by atoms with Gasteiger partial charge in [-0.25, -0.2) is 4.39 Å². The maximum Gasteiger partial charge on any atom is 0.123 e. The van der Waals surface area contributed by atoms with Gasteiger partial charge in [0.2, 0.25) is 0 Å². The van der Waals surface area contributed by atoms with Crippen LogP contribution < -0.4 is 5.32 Å². The Bertz CT molecular complexity index is 567. The first-order chi connectivity index (χ1) is 9.02. The van der Waals surface area contributed by atoms with Crippen LogP contribution in [0, 0.1) is 26.6 Å². The standard InChI is InChI=1S/C17H20FN/c1-11-8-12(2)16(13(3)9-11)17(19-4)14-6-5-7-15(18)10-14/h5-10,17,19H,1-4H3. The first-order valence-corrected chi connectivity index (χ1v) is 6.53. The minimum absolute atomic E-state index is 0.0244. The summed E-state index contributed by atoms with van der Waals surface area (Å²) in [5.74, 6) is -0.194. The zero-order valence-electron chi connectivity index (χ0n) is 11.9. The van der Waals surface area contributed by atoms with Crippen molar-refractivity contribution in [3.63, 3.8) is 0 Å². The number of hydrogen-bond acceptors (Lipinski definition) is 1. The predicted molar refractivity (Wildman–Crippen MR) is 78.0 cm³/mol. The van der Waals surface area contributed by atoms with Crippen molar-refractivity contribution in [2.75, 3.05) is 7.05 Å². The minimum atomic E-state index is -0.194. The fraction of sp³-hybridized carbons (Fsp3) is 0.294. The Morgan fingerprint density at radius 1 is 1.00 bits per heavy atom. The van der Waals surface area contributed by atoms with Gasteiger partial charge in [-0.15, -0.1) is 0 Å². The van der Waals surface area contributed by atoms with Crippen molar-refractivity contribution in [3.8, 4) is 0 Å². The Hall–Kier alpha value is -1.67. The summed E-state index contributed by atoms with van der Waals surface area (Å²) in [7, 11) is 1.91. The van der Waals surface area contributed by atoms with E-state index < -0.39 is 0 Å². The fourth-order valence-electron chi connectivity index (χ4n) is 2.81. The topological polar surface area (TPSA) is 12.0 Å². The summed E-state index contributed by atoms with van der Waals surface area (Å²) in [4.78, 5) is 0. The molecule has 0 amide bonds. The third kappa shape index (κ3) is 2.85. The van der Waals surface area contributed by atoms with E-state index >= 15 is 0 Å². The van der Waals surface area contributed by atoms with Gasteiger partial charge in [0.1, 0.15) is 5.82 Å². The zero-order valence-corrected chi connectivity index (χ0v) is 11.9. The Morgan fingerprint density at radius 3 is 2.16 bits per heavy atom. The van der Waals surface area contributed by atoms with Crippen LogP contribution in [0.15, 0.2) is 36.4 Å². The first kappa shape index (κ1) is 13.8. The molecule has 0 aromatic heterocycles. The first-order valence-electron chi connectivity index (χ1n) is 6.53. The van der Waals surface area contributed by atoms with Crippen molar-refractivity contribution in [2.24, 2.45) is 0 Å². The average molecular weight is 257 g/mol. The van der Waals surface area contributed by atoms with Gasteiger partial charge in [-0.3, -0.25) is 0 Å². The predicted octanol–water partition coefficient (Wildman–Crippen LogP) is 4.06. The monoisotopic (exact) mass is 257 g/mol. The number of aryl methyl sites for hydroxylation is 3. The van der Waals surface area contributed by atoms with Gasteiger partial charge < -0.3 is 5.32 Å². The van der Waals surface area contributed by atoms with E-state index in [1.807, 2.05) is 13.1 Å². The van der Waals surface area contributed by atoms with Crippen molar-refractivity contribution in [2.45, 2.75) is 26.8 Å². The van der Waals surface area contributed by atoms with Crippen LogP contribution in [-0.4, -0.2) is 7.05 Å². The van der Waals surface area contributed by atoms with Crippen LogP contribution in [0.1, 0.15) is 33.9 Å². The third-order valence-corrected chi connectivity index (χ3v) is 3.50. The Kier molecular flexibility index (Phi) is 4.01. The highest BCUT2D eigenvalue weighted by atomic mass is 19.1. The molecule has 2 heteroatoms. The molecule has 0 fully saturated rings. The van der Waals surface area contributed by atoms with Crippen molar-refractivity contribution < 1.29 is 4.39 Å². The van der Waals surface area contributed by atoms with Crippen molar-refractivity contribution >= 4 is 0 Å². The van der Waals surface area contributed by atoms with Gasteiger partial charge in [-0.1, -0.05) is 29.8 Å². The van der Waals surface area contributed by atoms with Crippen LogP contribution in [0.5, 0.6) is 0 Å². The van der Waals surface area contributed by atoms with Gasteiger partial charge in [-0.2, -0.15) is 0 Å². The molecule has 0 spiro atoms. The van der Waals surface area contributed by atoms with Gasteiger partial charge in [0.15, 0.2) is 0 Å². The molecule has 19 heavy (non-hydrogen) atoms. The molecule has 1 nitrogen and oxygen atoms in total. The van der Waals surface area contributed by atoms with E-state index in [9.17, 15) is 4.39 Å². The summed E-state index contributed by atoms with van der Waals surface area (Å²) in [6.07, 6.45) is 0. The SMILES string of the molecule is CNC(c1cccc(F)c1)c1c(C)cc(C)cc1C. The summed E-state index contributed by atoms with van der Waals surface area (Å²) in [6, 6.07) is 11.2. The van der Waals surface area contributed by atoms with Crippen LogP contribution in [0.3, 0.4) is 0 Å². The lowest BCUT2D eigenvalue weighted by atomic mass is 9.90. The highest BCUT2D eigenvalue weighted by molar-refractivity contribution is 5.44. The van der Waals surface area contributed by atoms with Gasteiger partial charge in [-0.05, 0) is 62.2 Å². The summed E-state index contributed by atoms with van der Waals surface area (Å²) in [6.45, 7) is 6.32. The number of halogens is 1. The Labute approximate surface area is 114 Å². The smallest absolute Gasteiger partial charge is 0.123 e. The second kappa shape index (κ2) is 5.54. The Balaban J connectivity index is 2.54. The van der Waals surface area contributed by atoms with E-state index in [0.29, 0.717) is 0 Å². The van der Waals surface area contributed by atoms with E-state index in [4.69, 9.17) is 0 Å². The largest absolute Gasteiger partial charge is 0.309 e. The lowest BCUT2D eigenvalue weighted by Crippen LogP contribution is -2.20. The van der Waals surface area contributed by atoms with Crippen molar-refractivity contribution in [3.05, 3.63) is 70.0 Å². The van der Waals surface area contributed by atoms with E-state index in [1.54, 1.807) is 12.1 Å². The lowest BCUT2D eigenvalue weighted by Gasteiger charge is -2.22. The molecule has 0 aliphatic carbocycles. The van der Waals surface area contributed by atoms with Crippen LogP contribution in [0.4, 0.5) is 4.39 Å². The van der Waals surface area contributed by atoms with Gasteiger partial charge >= 0.3 is 0 Å². The van der Waals surface area contributed by atoms with Gasteiger partial charge in [0.25, 0.3) is 0 Å². The van der Waals surface area contributed by atoms with Crippen molar-refractivity contribution in [1.29, 1.82) is 0 Å². The summed E-state index contributed by atoms with van der Waals surface area (Å²) in [5.41, 5.74) is 5.92. The molecule has 1 N–H and O–H groups in total. The molecule has 2 rings (SSSR count). The molecule has 100 valence electrons. The summed E-state index contributed by atoms with van der Waals surface area (Å²) < 4.78 is 13.4. The molecular weight excluding hydrogens is 237 g/mol. The fourth-order valence-corrected chi connectivity index (χ4v) is 2.81. The molecular formula is C17H20FN.